The predicted octanol–water partition coefficient (Wildman–Crippen LogP) is 1.26. The molecule has 0 aromatic heterocycles. The van der Waals surface area contributed by atoms with Crippen molar-refractivity contribution in [2.45, 2.75) is 38.7 Å². The molecule has 0 aromatic rings. The molecular formula is C9H16O3. The van der Waals surface area contributed by atoms with E-state index < -0.39 is 5.97 Å². The normalized spacial score (nSPS) is 32.8. The maximum absolute atomic E-state index is 10.6. The molecule has 1 fully saturated rings. The van der Waals surface area contributed by atoms with Gasteiger partial charge in [0.1, 0.15) is 0 Å². The first-order chi connectivity index (χ1) is 5.61. The van der Waals surface area contributed by atoms with Crippen LogP contribution >= 0.6 is 0 Å². The van der Waals surface area contributed by atoms with E-state index in [0.717, 1.165) is 25.7 Å². The summed E-state index contributed by atoms with van der Waals surface area (Å²) in [5.41, 5.74) is 0. The molecule has 0 radical (unpaired) electrons. The molecule has 3 heteroatoms. The van der Waals surface area contributed by atoms with Crippen molar-refractivity contribution >= 4 is 5.97 Å². The zero-order chi connectivity index (χ0) is 9.14. The summed E-state index contributed by atoms with van der Waals surface area (Å²) in [6.07, 6.45) is 3.05. The lowest BCUT2D eigenvalue weighted by molar-refractivity contribution is -0.143. The van der Waals surface area contributed by atoms with Crippen molar-refractivity contribution in [2.24, 2.45) is 11.8 Å². The molecular weight excluding hydrogens is 156 g/mol. The largest absolute Gasteiger partial charge is 0.481 e. The molecule has 0 heterocycles. The average molecular weight is 172 g/mol. The van der Waals surface area contributed by atoms with E-state index in [1.54, 1.807) is 6.92 Å². The molecule has 1 aliphatic rings. The molecule has 0 bridgehead atoms. The molecule has 1 rings (SSSR count). The van der Waals surface area contributed by atoms with E-state index in [1.165, 1.54) is 0 Å². The average Bonchev–Trinajstić information content (AvgIpc) is 2.04. The second-order valence-corrected chi connectivity index (χ2v) is 3.70. The molecule has 0 amide bonds. The Bertz CT molecular complexity index is 159. The van der Waals surface area contributed by atoms with Gasteiger partial charge in [0.2, 0.25) is 0 Å². The molecule has 1 unspecified atom stereocenters. The first-order valence-electron chi connectivity index (χ1n) is 4.52. The van der Waals surface area contributed by atoms with Crippen LogP contribution in [0.5, 0.6) is 0 Å². The van der Waals surface area contributed by atoms with Gasteiger partial charge in [-0.15, -0.1) is 0 Å². The van der Waals surface area contributed by atoms with Gasteiger partial charge in [0, 0.05) is 0 Å². The molecule has 70 valence electrons. The fourth-order valence-corrected chi connectivity index (χ4v) is 1.80. The Morgan fingerprint density at radius 3 is 2.25 bits per heavy atom. The SMILES string of the molecule is CC(C(=O)O)C1CCC(O)CC1. The number of hydrogen-bond acceptors (Lipinski definition) is 2. The fraction of sp³-hybridized carbons (Fsp3) is 0.889. The van der Waals surface area contributed by atoms with Crippen LogP contribution in [0.1, 0.15) is 32.6 Å². The summed E-state index contributed by atoms with van der Waals surface area (Å²) in [7, 11) is 0. The van der Waals surface area contributed by atoms with Gasteiger partial charge >= 0.3 is 5.97 Å². The molecule has 0 aliphatic heterocycles. The lowest BCUT2D eigenvalue weighted by atomic mass is 9.80. The topological polar surface area (TPSA) is 57.5 Å². The van der Waals surface area contributed by atoms with Crippen LogP contribution in [0.15, 0.2) is 0 Å². The summed E-state index contributed by atoms with van der Waals surface area (Å²) in [6.45, 7) is 1.75. The van der Waals surface area contributed by atoms with Crippen LogP contribution in [0.2, 0.25) is 0 Å². The van der Waals surface area contributed by atoms with Gasteiger partial charge in [-0.05, 0) is 31.6 Å². The van der Waals surface area contributed by atoms with Crippen molar-refractivity contribution in [3.05, 3.63) is 0 Å². The Kier molecular flexibility index (Phi) is 3.09. The number of hydrogen-bond donors (Lipinski definition) is 2. The van der Waals surface area contributed by atoms with Crippen LogP contribution in [0.4, 0.5) is 0 Å². The van der Waals surface area contributed by atoms with Crippen LogP contribution in [0.25, 0.3) is 0 Å². The number of aliphatic carboxylic acids is 1. The van der Waals surface area contributed by atoms with Crippen LogP contribution in [0.3, 0.4) is 0 Å². The van der Waals surface area contributed by atoms with Gasteiger partial charge in [0.25, 0.3) is 0 Å². The molecule has 2 N–H and O–H groups in total. The van der Waals surface area contributed by atoms with E-state index in [1.807, 2.05) is 0 Å². The Labute approximate surface area is 72.4 Å². The summed E-state index contributed by atoms with van der Waals surface area (Å²) < 4.78 is 0. The second kappa shape index (κ2) is 3.90. The van der Waals surface area contributed by atoms with Gasteiger partial charge in [-0.3, -0.25) is 4.79 Å². The van der Waals surface area contributed by atoms with Crippen molar-refractivity contribution in [1.29, 1.82) is 0 Å². The summed E-state index contributed by atoms with van der Waals surface area (Å²) in [5, 5.41) is 17.9. The maximum atomic E-state index is 10.6. The highest BCUT2D eigenvalue weighted by molar-refractivity contribution is 5.69. The van der Waals surface area contributed by atoms with E-state index in [4.69, 9.17) is 5.11 Å². The molecule has 1 atom stereocenters. The van der Waals surface area contributed by atoms with Crippen molar-refractivity contribution in [2.75, 3.05) is 0 Å². The van der Waals surface area contributed by atoms with Crippen molar-refractivity contribution < 1.29 is 15.0 Å². The standard InChI is InChI=1S/C9H16O3/c1-6(9(11)12)7-2-4-8(10)5-3-7/h6-8,10H,2-5H2,1H3,(H,11,12). The van der Waals surface area contributed by atoms with Crippen LogP contribution in [-0.2, 0) is 4.79 Å². The van der Waals surface area contributed by atoms with Gasteiger partial charge in [-0.1, -0.05) is 6.92 Å². The quantitative estimate of drug-likeness (QED) is 0.659. The second-order valence-electron chi connectivity index (χ2n) is 3.70. The number of carbonyl (C=O) groups is 1. The third-order valence-electron chi connectivity index (χ3n) is 2.84. The number of carboxylic acids is 1. The Morgan fingerprint density at radius 2 is 1.83 bits per heavy atom. The van der Waals surface area contributed by atoms with Crippen LogP contribution in [0, 0.1) is 11.8 Å². The van der Waals surface area contributed by atoms with Gasteiger partial charge in [0.15, 0.2) is 0 Å². The van der Waals surface area contributed by atoms with Gasteiger partial charge in [-0.25, -0.2) is 0 Å². The van der Waals surface area contributed by atoms with Crippen LogP contribution in [-0.4, -0.2) is 22.3 Å². The highest BCUT2D eigenvalue weighted by Gasteiger charge is 2.27. The predicted molar refractivity (Wildman–Crippen MR) is 44.8 cm³/mol. The highest BCUT2D eigenvalue weighted by atomic mass is 16.4. The minimum absolute atomic E-state index is 0.192. The molecule has 0 aromatic carbocycles. The maximum Gasteiger partial charge on any atom is 0.306 e. The van der Waals surface area contributed by atoms with Gasteiger partial charge in [-0.2, -0.15) is 0 Å². The zero-order valence-corrected chi connectivity index (χ0v) is 7.36. The zero-order valence-electron chi connectivity index (χ0n) is 7.36. The summed E-state index contributed by atoms with van der Waals surface area (Å²) in [5.74, 6) is -0.695. The smallest absolute Gasteiger partial charge is 0.306 e. The summed E-state index contributed by atoms with van der Waals surface area (Å²) in [6, 6.07) is 0. The fourth-order valence-electron chi connectivity index (χ4n) is 1.80. The number of aliphatic hydroxyl groups excluding tert-OH is 1. The van der Waals surface area contributed by atoms with E-state index in [2.05, 4.69) is 0 Å². The molecule has 1 saturated carbocycles. The van der Waals surface area contributed by atoms with E-state index in [-0.39, 0.29) is 17.9 Å². The Hall–Kier alpha value is -0.570. The van der Waals surface area contributed by atoms with E-state index >= 15 is 0 Å². The van der Waals surface area contributed by atoms with E-state index in [0.29, 0.717) is 0 Å². The van der Waals surface area contributed by atoms with Crippen molar-refractivity contribution in [3.63, 3.8) is 0 Å². The summed E-state index contributed by atoms with van der Waals surface area (Å²) >= 11 is 0. The number of aliphatic hydroxyl groups is 1. The Balaban J connectivity index is 2.39. The molecule has 3 nitrogen and oxygen atoms in total. The first kappa shape index (κ1) is 9.52. The molecule has 0 saturated heterocycles. The lowest BCUT2D eigenvalue weighted by Crippen LogP contribution is -2.27. The molecule has 12 heavy (non-hydrogen) atoms. The molecule has 1 aliphatic carbocycles. The third-order valence-corrected chi connectivity index (χ3v) is 2.84. The van der Waals surface area contributed by atoms with Gasteiger partial charge < -0.3 is 10.2 Å². The van der Waals surface area contributed by atoms with Crippen molar-refractivity contribution in [3.8, 4) is 0 Å². The minimum atomic E-state index is -0.712. The highest BCUT2D eigenvalue weighted by Crippen LogP contribution is 2.30. The first-order valence-corrected chi connectivity index (χ1v) is 4.52. The lowest BCUT2D eigenvalue weighted by Gasteiger charge is -2.27. The third kappa shape index (κ3) is 2.21. The minimum Gasteiger partial charge on any atom is -0.481 e. The van der Waals surface area contributed by atoms with Crippen LogP contribution < -0.4 is 0 Å². The van der Waals surface area contributed by atoms with Crippen molar-refractivity contribution in [1.82, 2.24) is 0 Å². The monoisotopic (exact) mass is 172 g/mol. The van der Waals surface area contributed by atoms with Gasteiger partial charge in [0.05, 0.1) is 12.0 Å². The Morgan fingerprint density at radius 1 is 1.33 bits per heavy atom. The van der Waals surface area contributed by atoms with E-state index in [9.17, 15) is 9.90 Å². The molecule has 0 spiro atoms. The summed E-state index contributed by atoms with van der Waals surface area (Å²) in [4.78, 5) is 10.6. The number of rotatable bonds is 2. The number of carboxylic acid groups (broad SMARTS) is 1.